The minimum absolute atomic E-state index is 0. The van der Waals surface area contributed by atoms with Gasteiger partial charge in [-0.15, -0.1) is 17.7 Å². The van der Waals surface area contributed by atoms with Crippen molar-refractivity contribution in [2.75, 3.05) is 9.80 Å². The van der Waals surface area contributed by atoms with Crippen molar-refractivity contribution in [2.24, 2.45) is 0 Å². The quantitative estimate of drug-likeness (QED) is 0.101. The minimum Gasteiger partial charge on any atom is -0.500 e. The number of para-hydroxylation sites is 1. The molecule has 7 aromatic carbocycles. The van der Waals surface area contributed by atoms with Crippen molar-refractivity contribution in [1.82, 2.24) is 9.55 Å². The van der Waals surface area contributed by atoms with E-state index < -0.39 is 0 Å². The van der Waals surface area contributed by atoms with Crippen LogP contribution in [-0.2, 0) is 37.3 Å². The van der Waals surface area contributed by atoms with Crippen LogP contribution in [0.5, 0.6) is 0 Å². The number of fused-ring (bicyclic) bond motifs is 3. The van der Waals surface area contributed by atoms with Gasteiger partial charge in [0.2, 0.25) is 0 Å². The molecule has 330 valence electrons. The Hall–Kier alpha value is -6.42. The summed E-state index contributed by atoms with van der Waals surface area (Å²) in [5, 5.41) is 2.34. The van der Waals surface area contributed by atoms with E-state index in [2.05, 4.69) is 270 Å². The number of pyridine rings is 1. The van der Waals surface area contributed by atoms with Gasteiger partial charge in [-0.1, -0.05) is 175 Å². The van der Waals surface area contributed by atoms with Gasteiger partial charge in [0.15, 0.2) is 6.71 Å². The molecule has 0 fully saturated rings. The summed E-state index contributed by atoms with van der Waals surface area (Å²) >= 11 is 0. The van der Waals surface area contributed by atoms with E-state index in [1.807, 2.05) is 6.20 Å². The molecule has 10 rings (SSSR count). The summed E-state index contributed by atoms with van der Waals surface area (Å²) in [5.74, 6) is 0.896. The molecule has 4 nitrogen and oxygen atoms in total. The zero-order chi connectivity index (χ0) is 44.9. The molecule has 6 heteroatoms. The van der Waals surface area contributed by atoms with E-state index in [-0.39, 0.29) is 44.0 Å². The van der Waals surface area contributed by atoms with Gasteiger partial charge in [-0.05, 0) is 81.4 Å². The van der Waals surface area contributed by atoms with Crippen LogP contribution >= 0.6 is 0 Å². The van der Waals surface area contributed by atoms with Gasteiger partial charge in [0, 0.05) is 49.3 Å². The molecule has 0 N–H and O–H groups in total. The van der Waals surface area contributed by atoms with Crippen LogP contribution in [0.1, 0.15) is 76.3 Å². The maximum atomic E-state index is 4.95. The van der Waals surface area contributed by atoms with E-state index in [0.717, 1.165) is 44.5 Å². The number of rotatable bonds is 10. The molecule has 9 aromatic rings. The first-order valence-corrected chi connectivity index (χ1v) is 22.7. The third-order valence-electron chi connectivity index (χ3n) is 13.6. The van der Waals surface area contributed by atoms with Crippen molar-refractivity contribution in [1.29, 1.82) is 0 Å². The number of benzene rings is 7. The largest absolute Gasteiger partial charge is 0.500 e. The summed E-state index contributed by atoms with van der Waals surface area (Å²) in [4.78, 5) is 9.37. The second-order valence-electron chi connectivity index (χ2n) is 19.5. The van der Waals surface area contributed by atoms with E-state index in [1.165, 1.54) is 38.7 Å². The zero-order valence-electron chi connectivity index (χ0n) is 38.7. The van der Waals surface area contributed by atoms with Crippen molar-refractivity contribution in [2.45, 2.75) is 64.7 Å². The molecule has 0 aliphatic carbocycles. The smallest absolute Gasteiger partial charge is 0.191 e. The van der Waals surface area contributed by atoms with Crippen LogP contribution in [0.15, 0.2) is 195 Å². The monoisotopic (exact) mass is 1040 g/mol. The first kappa shape index (κ1) is 44.8. The van der Waals surface area contributed by atoms with Crippen LogP contribution in [0.3, 0.4) is 0 Å². The molecule has 1 aliphatic rings. The fraction of sp³-hybridized carbons (Fsp3) is 0.167. The summed E-state index contributed by atoms with van der Waals surface area (Å²) in [6.45, 7) is 18.1. The normalized spacial score (nSPS) is 13.1. The summed E-state index contributed by atoms with van der Waals surface area (Å²) in [6.07, 6.45) is 6.23. The van der Waals surface area contributed by atoms with Crippen molar-refractivity contribution in [3.63, 3.8) is 0 Å². The molecule has 0 bridgehead atoms. The van der Waals surface area contributed by atoms with Crippen LogP contribution in [0, 0.1) is 18.8 Å². The summed E-state index contributed by atoms with van der Waals surface area (Å²) < 4.78 is 2.28. The Bertz CT molecular complexity index is 3120. The van der Waals surface area contributed by atoms with Crippen molar-refractivity contribution < 1.29 is 21.1 Å². The molecule has 0 radical (unpaired) electrons. The molecular formula is C60H54BN4Pt-3. The maximum absolute atomic E-state index is 4.95. The molecule has 0 spiro atoms. The first-order chi connectivity index (χ1) is 31.4. The molecule has 0 atom stereocenters. The molecule has 1 aliphatic heterocycles. The van der Waals surface area contributed by atoms with Gasteiger partial charge in [-0.25, -0.2) is 4.98 Å². The molecule has 66 heavy (non-hydrogen) atoms. The Labute approximate surface area is 406 Å². The van der Waals surface area contributed by atoms with Gasteiger partial charge in [-0.3, -0.25) is 0 Å². The number of aromatic nitrogens is 2. The summed E-state index contributed by atoms with van der Waals surface area (Å²) in [7, 11) is 0. The van der Waals surface area contributed by atoms with Gasteiger partial charge < -0.3 is 14.4 Å². The Kier molecular flexibility index (Phi) is 12.0. The average molecular weight is 1040 g/mol. The predicted molar refractivity (Wildman–Crippen MR) is 274 cm³/mol. The van der Waals surface area contributed by atoms with Gasteiger partial charge in [0.25, 0.3) is 0 Å². The number of anilines is 2. The molecule has 2 aromatic heterocycles. The predicted octanol–water partition coefficient (Wildman–Crippen LogP) is 12.2. The minimum atomic E-state index is -0.224. The van der Waals surface area contributed by atoms with E-state index in [0.29, 0.717) is 0 Å². The van der Waals surface area contributed by atoms with Crippen LogP contribution < -0.4 is 26.2 Å². The molecule has 0 amide bonds. The van der Waals surface area contributed by atoms with Crippen molar-refractivity contribution in [3.05, 3.63) is 241 Å². The number of hydrogen-bond donors (Lipinski definition) is 0. The zero-order valence-corrected chi connectivity index (χ0v) is 41.0. The van der Waals surface area contributed by atoms with Crippen LogP contribution in [-0.4, -0.2) is 16.3 Å². The SMILES string of the molecule is CC(C)(C)c1ccnc(-n2c3[c-]c(B(c4[c-]c(N5C=CN(c6cc(C(C)(C)c7ccccc7)cc(C(C)(C)c7ccccc7)c6)[CH-]5)ccc4)c4ccccc4)ccc3c3ccccc32)c1.[Pt]. The third kappa shape index (κ3) is 8.35. The van der Waals surface area contributed by atoms with Gasteiger partial charge >= 0.3 is 0 Å². The molecule has 0 saturated heterocycles. The standard InChI is InChI=1S/C60H54BN4.Pt/c1-58(2,3)45-32-33-62-57(39-45)65-55-29-18-17-28-53(55)54-31-30-50(41-56(54)65)61(48-24-15-10-16-25-48)49-26-19-27-51(40-49)63-34-35-64(42-63)52-37-46(59(4,5)43-20-11-8-12-21-43)36-47(38-52)60(6,7)44-22-13-9-14-23-44;/h8-39,42H,1-7H3;/q-3;. The Morgan fingerprint density at radius 3 is 1.74 bits per heavy atom. The van der Waals surface area contributed by atoms with Crippen LogP contribution in [0.2, 0.25) is 0 Å². The molecule has 0 saturated carbocycles. The first-order valence-electron chi connectivity index (χ1n) is 22.7. The Balaban J connectivity index is 0.00000548. The van der Waals surface area contributed by atoms with Gasteiger partial charge in [0.1, 0.15) is 5.82 Å². The van der Waals surface area contributed by atoms with Crippen LogP contribution in [0.4, 0.5) is 11.4 Å². The summed E-state index contributed by atoms with van der Waals surface area (Å²) in [6, 6.07) is 71.4. The maximum Gasteiger partial charge on any atom is 0.191 e. The molecular weight excluding hydrogens is 983 g/mol. The van der Waals surface area contributed by atoms with E-state index in [1.54, 1.807) is 0 Å². The second-order valence-corrected chi connectivity index (χ2v) is 19.5. The van der Waals surface area contributed by atoms with Gasteiger partial charge in [0.05, 0.1) is 0 Å². The molecule has 3 heterocycles. The van der Waals surface area contributed by atoms with E-state index in [4.69, 9.17) is 4.98 Å². The number of hydrogen-bond acceptors (Lipinski definition) is 3. The summed E-state index contributed by atoms with van der Waals surface area (Å²) in [5.41, 5.74) is 13.4. The third-order valence-corrected chi connectivity index (χ3v) is 13.6. The Morgan fingerprint density at radius 2 is 1.09 bits per heavy atom. The average Bonchev–Trinajstić information content (AvgIpc) is 3.96. The van der Waals surface area contributed by atoms with Crippen molar-refractivity contribution >= 4 is 56.3 Å². The molecule has 0 unspecified atom stereocenters. The van der Waals surface area contributed by atoms with Crippen molar-refractivity contribution in [3.8, 4) is 5.82 Å². The fourth-order valence-corrected chi connectivity index (χ4v) is 9.46. The second kappa shape index (κ2) is 17.8. The number of nitrogens with zero attached hydrogens (tertiary/aromatic N) is 4. The van der Waals surface area contributed by atoms with Gasteiger partial charge in [-0.2, -0.15) is 53.4 Å². The van der Waals surface area contributed by atoms with E-state index in [9.17, 15) is 0 Å². The topological polar surface area (TPSA) is 24.3 Å². The fourth-order valence-electron chi connectivity index (χ4n) is 9.46. The Morgan fingerprint density at radius 1 is 0.500 bits per heavy atom. The van der Waals surface area contributed by atoms with Crippen LogP contribution in [0.25, 0.3) is 27.6 Å². The van der Waals surface area contributed by atoms with E-state index >= 15 is 0 Å².